The molecule has 0 unspecified atom stereocenters. The molecule has 9 heteroatoms. The molecule has 1 aromatic carbocycles. The highest BCUT2D eigenvalue weighted by atomic mass is 32.2. The maximum atomic E-state index is 10.7. The number of benzene rings is 1. The minimum atomic E-state index is -3.60. The molecule has 0 amide bonds. The highest BCUT2D eigenvalue weighted by Crippen LogP contribution is 2.29. The van der Waals surface area contributed by atoms with E-state index in [1.54, 1.807) is 0 Å². The summed E-state index contributed by atoms with van der Waals surface area (Å²) in [6.07, 6.45) is 0. The Kier molecular flexibility index (Phi) is 4.66. The van der Waals surface area contributed by atoms with Crippen molar-refractivity contribution < 1.29 is 13.3 Å². The lowest BCUT2D eigenvalue weighted by atomic mass is 10.2. The largest absolute Gasteiger partial charge is 0.282 e. The van der Waals surface area contributed by atoms with Crippen molar-refractivity contribution >= 4 is 27.5 Å². The second kappa shape index (κ2) is 5.81. The van der Waals surface area contributed by atoms with Crippen molar-refractivity contribution in [3.05, 3.63) is 33.9 Å². The summed E-state index contributed by atoms with van der Waals surface area (Å²) in [6, 6.07) is 5.77. The molecule has 0 saturated heterocycles. The van der Waals surface area contributed by atoms with Gasteiger partial charge in [-0.1, -0.05) is 0 Å². The Hall–Kier alpha value is -1.63. The minimum absolute atomic E-state index is 0.0918. The van der Waals surface area contributed by atoms with Gasteiger partial charge in [-0.25, -0.2) is 13.6 Å². The Balaban J connectivity index is 2.92. The van der Waals surface area contributed by atoms with Crippen molar-refractivity contribution in [2.75, 3.05) is 11.5 Å². The molecular formula is C9H9N3O4S2. The summed E-state index contributed by atoms with van der Waals surface area (Å²) in [4.78, 5) is 10.4. The van der Waals surface area contributed by atoms with Gasteiger partial charge in [0.2, 0.25) is 10.0 Å². The predicted molar refractivity (Wildman–Crippen MR) is 66.5 cm³/mol. The fraction of sp³-hybridized carbons (Fsp3) is 0.222. The van der Waals surface area contributed by atoms with E-state index in [2.05, 4.69) is 0 Å². The Bertz CT molecular complexity index is 607. The van der Waals surface area contributed by atoms with Crippen LogP contribution in [0.4, 0.5) is 5.69 Å². The van der Waals surface area contributed by atoms with Crippen molar-refractivity contribution in [2.45, 2.75) is 4.90 Å². The van der Waals surface area contributed by atoms with Crippen LogP contribution < -0.4 is 5.14 Å². The summed E-state index contributed by atoms with van der Waals surface area (Å²) in [7, 11) is -3.60. The van der Waals surface area contributed by atoms with Crippen molar-refractivity contribution in [3.8, 4) is 6.07 Å². The summed E-state index contributed by atoms with van der Waals surface area (Å²) in [5.41, 5.74) is 0.118. The van der Waals surface area contributed by atoms with E-state index in [4.69, 9.17) is 10.4 Å². The van der Waals surface area contributed by atoms with Crippen LogP contribution in [-0.4, -0.2) is 24.8 Å². The molecule has 0 spiro atoms. The molecule has 0 aliphatic heterocycles. The predicted octanol–water partition coefficient (Wildman–Crippen LogP) is 0.847. The van der Waals surface area contributed by atoms with Gasteiger partial charge in [-0.05, 0) is 12.1 Å². The van der Waals surface area contributed by atoms with Gasteiger partial charge < -0.3 is 0 Å². The first-order valence-corrected chi connectivity index (χ1v) is 7.35. The van der Waals surface area contributed by atoms with Crippen LogP contribution in [0.3, 0.4) is 0 Å². The first kappa shape index (κ1) is 14.4. The third kappa shape index (κ3) is 4.33. The number of nitrogens with zero attached hydrogens (tertiary/aromatic N) is 2. The van der Waals surface area contributed by atoms with E-state index in [1.807, 2.05) is 6.07 Å². The topological polar surface area (TPSA) is 127 Å². The number of hydrogen-bond acceptors (Lipinski definition) is 6. The highest BCUT2D eigenvalue weighted by Gasteiger charge is 2.15. The van der Waals surface area contributed by atoms with Crippen molar-refractivity contribution in [1.29, 1.82) is 5.26 Å². The number of nitro benzene ring substituents is 1. The van der Waals surface area contributed by atoms with Crippen LogP contribution >= 0.6 is 11.8 Å². The number of nitrogens with two attached hydrogens (primary N) is 1. The summed E-state index contributed by atoms with van der Waals surface area (Å²) < 4.78 is 21.5. The zero-order valence-electron chi connectivity index (χ0n) is 9.07. The normalized spacial score (nSPS) is 10.9. The van der Waals surface area contributed by atoms with Gasteiger partial charge in [-0.2, -0.15) is 5.26 Å². The highest BCUT2D eigenvalue weighted by molar-refractivity contribution is 8.00. The molecule has 0 aliphatic carbocycles. The molecule has 1 rings (SSSR count). The fourth-order valence-electron chi connectivity index (χ4n) is 1.12. The Morgan fingerprint density at radius 3 is 2.67 bits per heavy atom. The van der Waals surface area contributed by atoms with E-state index in [-0.39, 0.29) is 27.7 Å². The van der Waals surface area contributed by atoms with Gasteiger partial charge in [0.25, 0.3) is 5.69 Å². The van der Waals surface area contributed by atoms with Gasteiger partial charge in [0.1, 0.15) is 0 Å². The average Bonchev–Trinajstić information content (AvgIpc) is 2.26. The van der Waals surface area contributed by atoms with Crippen LogP contribution in [0.1, 0.15) is 5.56 Å². The number of rotatable bonds is 5. The second-order valence-electron chi connectivity index (χ2n) is 3.27. The lowest BCUT2D eigenvalue weighted by molar-refractivity contribution is -0.387. The van der Waals surface area contributed by atoms with E-state index in [9.17, 15) is 18.5 Å². The quantitative estimate of drug-likeness (QED) is 0.485. The molecule has 1 aromatic rings. The van der Waals surface area contributed by atoms with Crippen LogP contribution in [0.25, 0.3) is 0 Å². The maximum Gasteiger partial charge on any atom is 0.282 e. The zero-order valence-corrected chi connectivity index (χ0v) is 10.7. The standard InChI is InChI=1S/C9H9N3O4S2/c10-6-7-1-2-8(12(13)14)9(5-7)17-3-4-18(11,15)16/h1-2,5H,3-4H2,(H2,11,15,16). The molecule has 0 fully saturated rings. The monoisotopic (exact) mass is 287 g/mol. The van der Waals surface area contributed by atoms with Crippen LogP contribution in [-0.2, 0) is 10.0 Å². The summed E-state index contributed by atoms with van der Waals surface area (Å²) in [5, 5.41) is 24.3. The first-order valence-electron chi connectivity index (χ1n) is 4.65. The Morgan fingerprint density at radius 2 is 2.17 bits per heavy atom. The Labute approximate surface area is 108 Å². The number of primary sulfonamides is 1. The number of sulfonamides is 1. The SMILES string of the molecule is N#Cc1ccc([N+](=O)[O-])c(SCCS(N)(=O)=O)c1. The molecule has 2 N–H and O–H groups in total. The fourth-order valence-corrected chi connectivity index (χ4v) is 3.10. The zero-order chi connectivity index (χ0) is 13.8. The number of nitro groups is 1. The van der Waals surface area contributed by atoms with Crippen LogP contribution in [0, 0.1) is 21.4 Å². The number of nitriles is 1. The molecule has 0 aliphatic rings. The molecule has 0 saturated carbocycles. The molecule has 0 aromatic heterocycles. The molecule has 7 nitrogen and oxygen atoms in total. The third-order valence-corrected chi connectivity index (χ3v) is 3.99. The van der Waals surface area contributed by atoms with Gasteiger partial charge >= 0.3 is 0 Å². The van der Waals surface area contributed by atoms with Gasteiger partial charge in [0, 0.05) is 11.8 Å². The first-order chi connectivity index (χ1) is 8.33. The smallest absolute Gasteiger partial charge is 0.258 e. The van der Waals surface area contributed by atoms with Gasteiger partial charge in [0.05, 0.1) is 27.2 Å². The molecule has 0 atom stereocenters. The number of hydrogen-bond donors (Lipinski definition) is 1. The summed E-state index contributed by atoms with van der Waals surface area (Å²) in [5.74, 6) is -0.194. The lowest BCUT2D eigenvalue weighted by Gasteiger charge is -2.02. The van der Waals surface area contributed by atoms with E-state index in [1.165, 1.54) is 18.2 Å². The van der Waals surface area contributed by atoms with E-state index >= 15 is 0 Å². The molecule has 96 valence electrons. The second-order valence-corrected chi connectivity index (χ2v) is 6.14. The van der Waals surface area contributed by atoms with Crippen LogP contribution in [0.15, 0.2) is 23.1 Å². The van der Waals surface area contributed by atoms with E-state index < -0.39 is 14.9 Å². The van der Waals surface area contributed by atoms with Crippen LogP contribution in [0.5, 0.6) is 0 Å². The molecular weight excluding hydrogens is 278 g/mol. The third-order valence-electron chi connectivity index (χ3n) is 1.91. The van der Waals surface area contributed by atoms with Gasteiger partial charge in [-0.15, -0.1) is 11.8 Å². The van der Waals surface area contributed by atoms with Crippen molar-refractivity contribution in [2.24, 2.45) is 5.14 Å². The maximum absolute atomic E-state index is 10.7. The molecule has 18 heavy (non-hydrogen) atoms. The van der Waals surface area contributed by atoms with Crippen molar-refractivity contribution in [3.63, 3.8) is 0 Å². The average molecular weight is 287 g/mol. The van der Waals surface area contributed by atoms with Gasteiger partial charge in [-0.3, -0.25) is 10.1 Å². The summed E-state index contributed by atoms with van der Waals surface area (Å²) in [6.45, 7) is 0. The Morgan fingerprint density at radius 1 is 1.50 bits per heavy atom. The molecule has 0 bridgehead atoms. The van der Waals surface area contributed by atoms with E-state index in [0.29, 0.717) is 0 Å². The van der Waals surface area contributed by atoms with Crippen LogP contribution in [0.2, 0.25) is 0 Å². The minimum Gasteiger partial charge on any atom is -0.258 e. The molecule has 0 radical (unpaired) electrons. The van der Waals surface area contributed by atoms with Crippen molar-refractivity contribution in [1.82, 2.24) is 0 Å². The van der Waals surface area contributed by atoms with E-state index in [0.717, 1.165) is 11.8 Å². The van der Waals surface area contributed by atoms with Gasteiger partial charge in [0.15, 0.2) is 0 Å². The number of thioether (sulfide) groups is 1. The lowest BCUT2D eigenvalue weighted by Crippen LogP contribution is -2.17. The summed E-state index contributed by atoms with van der Waals surface area (Å²) >= 11 is 0.980. The molecule has 0 heterocycles.